The van der Waals surface area contributed by atoms with E-state index in [1.807, 2.05) is 38.1 Å². The van der Waals surface area contributed by atoms with E-state index < -0.39 is 5.92 Å². The van der Waals surface area contributed by atoms with Crippen LogP contribution < -0.4 is 15.0 Å². The second-order valence-electron chi connectivity index (χ2n) is 7.62. The van der Waals surface area contributed by atoms with E-state index in [2.05, 4.69) is 5.32 Å². The first-order chi connectivity index (χ1) is 14.3. The van der Waals surface area contributed by atoms with Gasteiger partial charge in [0.25, 0.3) is 0 Å². The van der Waals surface area contributed by atoms with Crippen molar-refractivity contribution in [2.75, 3.05) is 37.5 Å². The lowest BCUT2D eigenvalue weighted by molar-refractivity contribution is -0.137. The van der Waals surface area contributed by atoms with Crippen LogP contribution in [0.4, 0.5) is 11.4 Å². The van der Waals surface area contributed by atoms with Crippen LogP contribution in [0, 0.1) is 19.8 Å². The van der Waals surface area contributed by atoms with Gasteiger partial charge in [0.1, 0.15) is 5.75 Å². The molecular formula is C23H27N3O4. The van der Waals surface area contributed by atoms with Crippen LogP contribution in [0.1, 0.15) is 17.5 Å². The maximum Gasteiger partial charge on any atom is 0.243 e. The third-order valence-corrected chi connectivity index (χ3v) is 5.34. The summed E-state index contributed by atoms with van der Waals surface area (Å²) in [6.07, 6.45) is 0.124. The lowest BCUT2D eigenvalue weighted by Crippen LogP contribution is -2.39. The molecule has 2 aromatic rings. The lowest BCUT2D eigenvalue weighted by Gasteiger charge is -2.22. The van der Waals surface area contributed by atoms with E-state index in [-0.39, 0.29) is 37.2 Å². The number of amides is 3. The highest BCUT2D eigenvalue weighted by molar-refractivity contribution is 6.01. The largest absolute Gasteiger partial charge is 0.497 e. The smallest absolute Gasteiger partial charge is 0.243 e. The Labute approximate surface area is 176 Å². The summed E-state index contributed by atoms with van der Waals surface area (Å²) >= 11 is 0. The maximum absolute atomic E-state index is 12.9. The highest BCUT2D eigenvalue weighted by Gasteiger charge is 2.37. The summed E-state index contributed by atoms with van der Waals surface area (Å²) in [6.45, 7) is 4.06. The van der Waals surface area contributed by atoms with Gasteiger partial charge in [-0.1, -0.05) is 24.3 Å². The highest BCUT2D eigenvalue weighted by atomic mass is 16.5. The number of methoxy groups -OCH3 is 1. The van der Waals surface area contributed by atoms with Gasteiger partial charge in [0.2, 0.25) is 17.7 Å². The fourth-order valence-corrected chi connectivity index (χ4v) is 3.70. The number of carbonyl (C=O) groups is 3. The Morgan fingerprint density at radius 3 is 2.50 bits per heavy atom. The molecule has 7 heteroatoms. The molecule has 1 fully saturated rings. The number of hydrogen-bond acceptors (Lipinski definition) is 4. The minimum Gasteiger partial charge on any atom is -0.497 e. The number of aryl methyl sites for hydroxylation is 2. The molecule has 1 heterocycles. The summed E-state index contributed by atoms with van der Waals surface area (Å²) in [7, 11) is 3.15. The second-order valence-corrected chi connectivity index (χ2v) is 7.62. The molecule has 0 spiro atoms. The van der Waals surface area contributed by atoms with Crippen LogP contribution in [-0.2, 0) is 14.4 Å². The van der Waals surface area contributed by atoms with Gasteiger partial charge >= 0.3 is 0 Å². The number of anilines is 2. The van der Waals surface area contributed by atoms with Crippen molar-refractivity contribution < 1.29 is 19.1 Å². The normalized spacial score (nSPS) is 15.8. The van der Waals surface area contributed by atoms with E-state index in [0.29, 0.717) is 11.4 Å². The third kappa shape index (κ3) is 4.62. The molecule has 3 amide bonds. The number of likely N-dealkylation sites (N-methyl/N-ethyl adjacent to an activating group) is 1. The number of nitrogens with one attached hydrogen (secondary N) is 1. The van der Waals surface area contributed by atoms with E-state index in [1.165, 1.54) is 4.90 Å². The molecular weight excluding hydrogens is 382 g/mol. The predicted octanol–water partition coefficient (Wildman–Crippen LogP) is 2.76. The Hall–Kier alpha value is -3.35. The van der Waals surface area contributed by atoms with Crippen LogP contribution >= 0.6 is 0 Å². The Morgan fingerprint density at radius 1 is 1.17 bits per heavy atom. The number of carbonyl (C=O) groups excluding carboxylic acids is 3. The molecule has 1 atom stereocenters. The fraction of sp³-hybridized carbons (Fsp3) is 0.348. The van der Waals surface area contributed by atoms with Crippen molar-refractivity contribution in [2.24, 2.45) is 5.92 Å². The van der Waals surface area contributed by atoms with Gasteiger partial charge in [-0.3, -0.25) is 14.4 Å². The van der Waals surface area contributed by atoms with E-state index >= 15 is 0 Å². The summed E-state index contributed by atoms with van der Waals surface area (Å²) in [6, 6.07) is 13.0. The quantitative estimate of drug-likeness (QED) is 0.796. The number of ether oxygens (including phenoxy) is 1. The first kappa shape index (κ1) is 21.4. The summed E-state index contributed by atoms with van der Waals surface area (Å²) in [5.41, 5.74) is 3.40. The average molecular weight is 409 g/mol. The number of nitrogens with zero attached hydrogens (tertiary/aromatic N) is 2. The van der Waals surface area contributed by atoms with Crippen molar-refractivity contribution >= 4 is 29.1 Å². The molecule has 0 aromatic heterocycles. The monoisotopic (exact) mass is 409 g/mol. The van der Waals surface area contributed by atoms with Gasteiger partial charge in [-0.25, -0.2) is 0 Å². The molecule has 158 valence electrons. The molecule has 0 aliphatic carbocycles. The van der Waals surface area contributed by atoms with Crippen LogP contribution in [-0.4, -0.2) is 49.9 Å². The van der Waals surface area contributed by atoms with Crippen LogP contribution in [0.25, 0.3) is 0 Å². The SMILES string of the molecule is COc1cccc(N2CC(C(=O)N(C)CC(=O)Nc3c(C)cccc3C)CC2=O)c1. The van der Waals surface area contributed by atoms with Gasteiger partial charge in [-0.15, -0.1) is 0 Å². The zero-order valence-electron chi connectivity index (χ0n) is 17.8. The molecule has 1 saturated heterocycles. The highest BCUT2D eigenvalue weighted by Crippen LogP contribution is 2.28. The Balaban J connectivity index is 1.62. The summed E-state index contributed by atoms with van der Waals surface area (Å²) in [4.78, 5) is 40.8. The van der Waals surface area contributed by atoms with Gasteiger partial charge in [0.05, 0.1) is 19.6 Å². The van der Waals surface area contributed by atoms with Crippen molar-refractivity contribution in [3.8, 4) is 5.75 Å². The molecule has 3 rings (SSSR count). The Kier molecular flexibility index (Phi) is 6.40. The molecule has 1 unspecified atom stereocenters. The van der Waals surface area contributed by atoms with E-state index in [4.69, 9.17) is 4.74 Å². The average Bonchev–Trinajstić information content (AvgIpc) is 3.11. The number of para-hydroxylation sites is 1. The molecule has 7 nitrogen and oxygen atoms in total. The fourth-order valence-electron chi connectivity index (χ4n) is 3.70. The van der Waals surface area contributed by atoms with Crippen molar-refractivity contribution in [3.63, 3.8) is 0 Å². The summed E-state index contributed by atoms with van der Waals surface area (Å²) < 4.78 is 5.21. The minimum atomic E-state index is -0.485. The Bertz CT molecular complexity index is 952. The number of hydrogen-bond donors (Lipinski definition) is 1. The van der Waals surface area contributed by atoms with Crippen LogP contribution in [0.5, 0.6) is 5.75 Å². The van der Waals surface area contributed by atoms with Crippen molar-refractivity contribution in [1.29, 1.82) is 0 Å². The third-order valence-electron chi connectivity index (χ3n) is 5.34. The van der Waals surface area contributed by atoms with Crippen LogP contribution in [0.2, 0.25) is 0 Å². The van der Waals surface area contributed by atoms with Crippen molar-refractivity contribution in [3.05, 3.63) is 53.6 Å². The summed E-state index contributed by atoms with van der Waals surface area (Å²) in [5, 5.41) is 2.89. The molecule has 1 N–H and O–H groups in total. The minimum absolute atomic E-state index is 0.0730. The molecule has 30 heavy (non-hydrogen) atoms. The van der Waals surface area contributed by atoms with Crippen LogP contribution in [0.15, 0.2) is 42.5 Å². The first-order valence-electron chi connectivity index (χ1n) is 9.85. The lowest BCUT2D eigenvalue weighted by atomic mass is 10.1. The van der Waals surface area contributed by atoms with Crippen molar-refractivity contribution in [1.82, 2.24) is 4.90 Å². The topological polar surface area (TPSA) is 79.0 Å². The number of benzene rings is 2. The molecule has 0 saturated carbocycles. The molecule has 0 bridgehead atoms. The van der Waals surface area contributed by atoms with Crippen molar-refractivity contribution in [2.45, 2.75) is 20.3 Å². The van der Waals surface area contributed by atoms with Crippen LogP contribution in [0.3, 0.4) is 0 Å². The summed E-state index contributed by atoms with van der Waals surface area (Å²) in [5.74, 6) is -0.435. The van der Waals surface area contributed by atoms with Gasteiger partial charge < -0.3 is 19.9 Å². The standard InChI is InChI=1S/C23H27N3O4/c1-15-7-5-8-16(2)22(15)24-20(27)14-25(3)23(29)17-11-21(28)26(13-17)18-9-6-10-19(12-18)30-4/h5-10,12,17H,11,13-14H2,1-4H3,(H,24,27). The van der Waals surface area contributed by atoms with Gasteiger partial charge in [-0.2, -0.15) is 0 Å². The molecule has 1 aliphatic rings. The Morgan fingerprint density at radius 2 is 1.83 bits per heavy atom. The zero-order chi connectivity index (χ0) is 21.8. The molecule has 1 aliphatic heterocycles. The maximum atomic E-state index is 12.9. The van der Waals surface area contributed by atoms with Gasteiger partial charge in [0.15, 0.2) is 0 Å². The number of rotatable bonds is 6. The van der Waals surface area contributed by atoms with Gasteiger partial charge in [-0.05, 0) is 37.1 Å². The van der Waals surface area contributed by atoms with Gasteiger partial charge in [0, 0.05) is 37.5 Å². The second kappa shape index (κ2) is 8.98. The molecule has 2 aromatic carbocycles. The zero-order valence-corrected chi connectivity index (χ0v) is 17.8. The predicted molar refractivity (Wildman–Crippen MR) is 116 cm³/mol. The van der Waals surface area contributed by atoms with E-state index in [0.717, 1.165) is 16.8 Å². The first-order valence-corrected chi connectivity index (χ1v) is 9.85. The van der Waals surface area contributed by atoms with E-state index in [9.17, 15) is 14.4 Å². The van der Waals surface area contributed by atoms with E-state index in [1.54, 1.807) is 37.3 Å². The molecule has 0 radical (unpaired) electrons.